The van der Waals surface area contributed by atoms with Gasteiger partial charge in [0.2, 0.25) is 0 Å². The number of hydrogen-bond acceptors (Lipinski definition) is 3. The van der Waals surface area contributed by atoms with Gasteiger partial charge in [-0.15, -0.1) is 0 Å². The molecule has 0 fully saturated rings. The lowest BCUT2D eigenvalue weighted by Crippen LogP contribution is -2.14. The van der Waals surface area contributed by atoms with Gasteiger partial charge in [-0.25, -0.2) is 4.79 Å². The Morgan fingerprint density at radius 1 is 1.25 bits per heavy atom. The average Bonchev–Trinajstić information content (AvgIpc) is 2.47. The van der Waals surface area contributed by atoms with Crippen LogP contribution in [0.25, 0.3) is 0 Å². The van der Waals surface area contributed by atoms with Crippen LogP contribution in [-0.2, 0) is 6.42 Å². The van der Waals surface area contributed by atoms with Gasteiger partial charge < -0.3 is 10.4 Å². The molecule has 0 aliphatic heterocycles. The highest BCUT2D eigenvalue weighted by molar-refractivity contribution is 6.03. The fourth-order valence-corrected chi connectivity index (χ4v) is 1.72. The number of aryl methyl sites for hydroxylation is 1. The molecule has 0 saturated carbocycles. The van der Waals surface area contributed by atoms with Crippen LogP contribution >= 0.6 is 0 Å². The molecule has 1 amide bonds. The standard InChI is InChI=1S/C15H14N2O3/c1-2-10-4-3-5-12(8-10)17-14(18)13-7-6-11(9-16-13)15(19)20/h3-9H,2H2,1H3,(H,17,18)(H,19,20). The van der Waals surface area contributed by atoms with E-state index in [2.05, 4.69) is 10.3 Å². The maximum atomic E-state index is 12.0. The first-order valence-electron chi connectivity index (χ1n) is 6.20. The average molecular weight is 270 g/mol. The van der Waals surface area contributed by atoms with Crippen LogP contribution in [0.15, 0.2) is 42.6 Å². The maximum absolute atomic E-state index is 12.0. The van der Waals surface area contributed by atoms with Crippen LogP contribution in [0, 0.1) is 0 Å². The zero-order chi connectivity index (χ0) is 14.5. The van der Waals surface area contributed by atoms with E-state index >= 15 is 0 Å². The fourth-order valence-electron chi connectivity index (χ4n) is 1.72. The van der Waals surface area contributed by atoms with Crippen molar-refractivity contribution in [2.45, 2.75) is 13.3 Å². The van der Waals surface area contributed by atoms with Gasteiger partial charge in [0, 0.05) is 11.9 Å². The summed E-state index contributed by atoms with van der Waals surface area (Å²) in [6.07, 6.45) is 2.05. The topological polar surface area (TPSA) is 79.3 Å². The number of rotatable bonds is 4. The van der Waals surface area contributed by atoms with Crippen LogP contribution in [0.5, 0.6) is 0 Å². The number of hydrogen-bond donors (Lipinski definition) is 2. The van der Waals surface area contributed by atoms with Crippen LogP contribution < -0.4 is 5.32 Å². The molecule has 0 atom stereocenters. The van der Waals surface area contributed by atoms with Crippen LogP contribution in [0.4, 0.5) is 5.69 Å². The van der Waals surface area contributed by atoms with Gasteiger partial charge in [0.25, 0.3) is 5.91 Å². The Bertz CT molecular complexity index is 636. The number of benzene rings is 1. The summed E-state index contributed by atoms with van der Waals surface area (Å²) in [6.45, 7) is 2.03. The van der Waals surface area contributed by atoms with Gasteiger partial charge in [-0.2, -0.15) is 0 Å². The van der Waals surface area contributed by atoms with E-state index in [4.69, 9.17) is 5.11 Å². The summed E-state index contributed by atoms with van der Waals surface area (Å²) in [5.41, 5.74) is 2.04. The molecule has 5 heteroatoms. The third kappa shape index (κ3) is 3.20. The summed E-state index contributed by atoms with van der Waals surface area (Å²) < 4.78 is 0. The lowest BCUT2D eigenvalue weighted by Gasteiger charge is -2.06. The van der Waals surface area contributed by atoms with Gasteiger partial charge in [-0.1, -0.05) is 19.1 Å². The fraction of sp³-hybridized carbons (Fsp3) is 0.133. The van der Waals surface area contributed by atoms with E-state index in [1.165, 1.54) is 18.3 Å². The number of nitrogens with one attached hydrogen (secondary N) is 1. The minimum atomic E-state index is -1.07. The third-order valence-electron chi connectivity index (χ3n) is 2.84. The lowest BCUT2D eigenvalue weighted by atomic mass is 10.1. The molecule has 0 spiro atoms. The van der Waals surface area contributed by atoms with Gasteiger partial charge in [0.05, 0.1) is 5.56 Å². The molecule has 0 radical (unpaired) electrons. The lowest BCUT2D eigenvalue weighted by molar-refractivity contribution is 0.0696. The summed E-state index contributed by atoms with van der Waals surface area (Å²) >= 11 is 0. The van der Waals surface area contributed by atoms with Crippen LogP contribution in [-0.4, -0.2) is 22.0 Å². The van der Waals surface area contributed by atoms with E-state index in [1.54, 1.807) is 6.07 Å². The highest BCUT2D eigenvalue weighted by Crippen LogP contribution is 2.12. The normalized spacial score (nSPS) is 10.1. The zero-order valence-corrected chi connectivity index (χ0v) is 11.0. The van der Waals surface area contributed by atoms with E-state index in [1.807, 2.05) is 25.1 Å². The minimum absolute atomic E-state index is 0.0505. The molecule has 0 unspecified atom stereocenters. The molecule has 1 aromatic heterocycles. The molecule has 1 aromatic carbocycles. The molecule has 2 N–H and O–H groups in total. The molecular formula is C15H14N2O3. The molecular weight excluding hydrogens is 256 g/mol. The number of carbonyl (C=O) groups excluding carboxylic acids is 1. The number of nitrogens with zero attached hydrogens (tertiary/aromatic N) is 1. The van der Waals surface area contributed by atoms with Crippen molar-refractivity contribution in [1.82, 2.24) is 4.98 Å². The summed E-state index contributed by atoms with van der Waals surface area (Å²) in [4.78, 5) is 26.5. The second-order valence-corrected chi connectivity index (χ2v) is 4.25. The number of aromatic carboxylic acids is 1. The first-order chi connectivity index (χ1) is 9.60. The Morgan fingerprint density at radius 2 is 2.05 bits per heavy atom. The maximum Gasteiger partial charge on any atom is 0.337 e. The molecule has 0 aliphatic carbocycles. The molecule has 0 aliphatic rings. The van der Waals surface area contributed by atoms with Crippen LogP contribution in [0.1, 0.15) is 33.3 Å². The van der Waals surface area contributed by atoms with Crippen LogP contribution in [0.3, 0.4) is 0 Å². The van der Waals surface area contributed by atoms with Crippen molar-refractivity contribution in [3.63, 3.8) is 0 Å². The van der Waals surface area contributed by atoms with Crippen molar-refractivity contribution in [3.05, 3.63) is 59.4 Å². The predicted octanol–water partition coefficient (Wildman–Crippen LogP) is 2.59. The van der Waals surface area contributed by atoms with Crippen molar-refractivity contribution >= 4 is 17.6 Å². The largest absolute Gasteiger partial charge is 0.478 e. The van der Waals surface area contributed by atoms with E-state index in [0.29, 0.717) is 5.69 Å². The Labute approximate surface area is 116 Å². The molecule has 5 nitrogen and oxygen atoms in total. The Hall–Kier alpha value is -2.69. The Balaban J connectivity index is 2.13. The monoisotopic (exact) mass is 270 g/mol. The molecule has 20 heavy (non-hydrogen) atoms. The smallest absolute Gasteiger partial charge is 0.337 e. The highest BCUT2D eigenvalue weighted by atomic mass is 16.4. The molecule has 1 heterocycles. The first kappa shape index (κ1) is 13.7. The van der Waals surface area contributed by atoms with E-state index < -0.39 is 5.97 Å². The predicted molar refractivity (Wildman–Crippen MR) is 75.0 cm³/mol. The number of carboxylic acids is 1. The van der Waals surface area contributed by atoms with Gasteiger partial charge in [0.1, 0.15) is 5.69 Å². The van der Waals surface area contributed by atoms with Gasteiger partial charge >= 0.3 is 5.97 Å². The number of anilines is 1. The Morgan fingerprint density at radius 3 is 2.65 bits per heavy atom. The molecule has 2 rings (SSSR count). The van der Waals surface area contributed by atoms with E-state index in [0.717, 1.165) is 12.0 Å². The van der Waals surface area contributed by atoms with Crippen molar-refractivity contribution in [1.29, 1.82) is 0 Å². The van der Waals surface area contributed by atoms with Crippen molar-refractivity contribution in [2.75, 3.05) is 5.32 Å². The highest BCUT2D eigenvalue weighted by Gasteiger charge is 2.09. The Kier molecular flexibility index (Phi) is 4.10. The van der Waals surface area contributed by atoms with Gasteiger partial charge in [-0.05, 0) is 36.2 Å². The number of carboxylic acid groups (broad SMARTS) is 1. The third-order valence-corrected chi connectivity index (χ3v) is 2.84. The molecule has 0 bridgehead atoms. The minimum Gasteiger partial charge on any atom is -0.478 e. The first-order valence-corrected chi connectivity index (χ1v) is 6.20. The quantitative estimate of drug-likeness (QED) is 0.895. The second kappa shape index (κ2) is 5.97. The number of pyridine rings is 1. The van der Waals surface area contributed by atoms with Crippen LogP contribution in [0.2, 0.25) is 0 Å². The van der Waals surface area contributed by atoms with Crippen molar-refractivity contribution < 1.29 is 14.7 Å². The van der Waals surface area contributed by atoms with Crippen molar-refractivity contribution in [3.8, 4) is 0 Å². The van der Waals surface area contributed by atoms with Gasteiger partial charge in [-0.3, -0.25) is 9.78 Å². The van der Waals surface area contributed by atoms with Gasteiger partial charge in [0.15, 0.2) is 0 Å². The summed E-state index contributed by atoms with van der Waals surface area (Å²) in [5, 5.41) is 11.5. The van der Waals surface area contributed by atoms with Crippen molar-refractivity contribution in [2.24, 2.45) is 0 Å². The molecule has 0 saturated heterocycles. The second-order valence-electron chi connectivity index (χ2n) is 4.25. The summed E-state index contributed by atoms with van der Waals surface area (Å²) in [5.74, 6) is -1.43. The van der Waals surface area contributed by atoms with E-state index in [-0.39, 0.29) is 17.2 Å². The molecule has 102 valence electrons. The summed E-state index contributed by atoms with van der Waals surface area (Å²) in [6, 6.07) is 10.3. The molecule has 2 aromatic rings. The summed E-state index contributed by atoms with van der Waals surface area (Å²) in [7, 11) is 0. The number of amides is 1. The van der Waals surface area contributed by atoms with E-state index in [9.17, 15) is 9.59 Å². The SMILES string of the molecule is CCc1cccc(NC(=O)c2ccc(C(=O)O)cn2)c1. The zero-order valence-electron chi connectivity index (χ0n) is 11.0. The number of aromatic nitrogens is 1. The number of carbonyl (C=O) groups is 2.